The minimum Gasteiger partial charge on any atom is -0.398 e. The lowest BCUT2D eigenvalue weighted by Gasteiger charge is -2.30. The van der Waals surface area contributed by atoms with Gasteiger partial charge in [0.25, 0.3) is 0 Å². The van der Waals surface area contributed by atoms with E-state index in [-0.39, 0.29) is 0 Å². The van der Waals surface area contributed by atoms with Crippen LogP contribution in [-0.2, 0) is 6.54 Å². The van der Waals surface area contributed by atoms with E-state index in [4.69, 9.17) is 17.3 Å². The lowest BCUT2D eigenvalue weighted by Crippen LogP contribution is -2.32. The van der Waals surface area contributed by atoms with Gasteiger partial charge in [-0.3, -0.25) is 5.32 Å². The highest BCUT2D eigenvalue weighted by atomic mass is 35.5. The number of pyridine rings is 1. The quantitative estimate of drug-likeness (QED) is 0.388. The standard InChI is InChI=1S/C26H31ClFN5/c1-17-4-2-7-24(29)22-13-25(31-16-23(22)27)33-21-10-8-18(9-11-21)14-32-26(28)20-6-3-5-19(12-20)15-30-17/h2-7,12-13,16,18,21,26,30,32H,1,8-11,14-15,29H2,(H,31,33)/b4-2-,24-7-/t18-,21-,26?. The third kappa shape index (κ3) is 6.36. The van der Waals surface area contributed by atoms with E-state index >= 15 is 0 Å². The number of aromatic nitrogens is 1. The molecule has 5 N–H and O–H groups in total. The average Bonchev–Trinajstić information content (AvgIpc) is 2.83. The summed E-state index contributed by atoms with van der Waals surface area (Å²) in [6.45, 7) is 5.25. The van der Waals surface area contributed by atoms with Gasteiger partial charge >= 0.3 is 0 Å². The molecule has 1 aromatic carbocycles. The van der Waals surface area contributed by atoms with Gasteiger partial charge in [-0.05, 0) is 61.4 Å². The van der Waals surface area contributed by atoms with Gasteiger partial charge in [0, 0.05) is 47.8 Å². The first-order valence-corrected chi connectivity index (χ1v) is 11.8. The van der Waals surface area contributed by atoms with Crippen LogP contribution >= 0.6 is 11.6 Å². The van der Waals surface area contributed by atoms with E-state index in [0.717, 1.165) is 48.3 Å². The topological polar surface area (TPSA) is 75.0 Å². The zero-order chi connectivity index (χ0) is 23.2. The molecule has 33 heavy (non-hydrogen) atoms. The monoisotopic (exact) mass is 467 g/mol. The Morgan fingerprint density at radius 2 is 1.97 bits per heavy atom. The molecule has 7 heteroatoms. The molecule has 5 rings (SSSR count). The maximum Gasteiger partial charge on any atom is 0.176 e. The molecule has 2 aromatic rings. The van der Waals surface area contributed by atoms with Gasteiger partial charge in [0.1, 0.15) is 5.82 Å². The second kappa shape index (κ2) is 10.9. The Morgan fingerprint density at radius 1 is 1.15 bits per heavy atom. The maximum atomic E-state index is 14.9. The molecule has 1 fully saturated rings. The molecule has 5 nitrogen and oxygen atoms in total. The first-order valence-electron chi connectivity index (χ1n) is 11.4. The van der Waals surface area contributed by atoms with Crippen LogP contribution in [0.3, 0.4) is 0 Å². The zero-order valence-corrected chi connectivity index (χ0v) is 19.4. The molecule has 6 bridgehead atoms. The molecule has 1 saturated carbocycles. The number of hydrogen-bond acceptors (Lipinski definition) is 5. The molecular formula is C26H31ClFN5. The first kappa shape index (κ1) is 23.3. The molecule has 1 unspecified atom stereocenters. The number of anilines is 1. The second-order valence-electron chi connectivity index (χ2n) is 8.79. The van der Waals surface area contributed by atoms with Crippen LogP contribution in [0.5, 0.6) is 0 Å². The lowest BCUT2D eigenvalue weighted by molar-refractivity contribution is 0.239. The summed E-state index contributed by atoms with van der Waals surface area (Å²) >= 11 is 6.36. The fourth-order valence-electron chi connectivity index (χ4n) is 4.34. The molecule has 0 radical (unpaired) electrons. The Hall–Kier alpha value is -2.83. The van der Waals surface area contributed by atoms with Crippen LogP contribution in [0.1, 0.15) is 48.7 Å². The number of alkyl halides is 1. The number of benzene rings is 1. The molecule has 1 aliphatic carbocycles. The Bertz CT molecular complexity index is 1040. The number of nitrogens with two attached hydrogens (primary N) is 1. The van der Waals surface area contributed by atoms with E-state index in [1.807, 2.05) is 42.5 Å². The summed E-state index contributed by atoms with van der Waals surface area (Å²) in [6, 6.07) is 9.81. The Kier molecular flexibility index (Phi) is 7.68. The number of rotatable bonds is 0. The van der Waals surface area contributed by atoms with Crippen molar-refractivity contribution in [2.75, 3.05) is 11.9 Å². The third-order valence-corrected chi connectivity index (χ3v) is 6.59. The average molecular weight is 468 g/mol. The normalized spacial score (nSPS) is 26.8. The number of nitrogens with one attached hydrogen (secondary N) is 3. The molecule has 0 amide bonds. The van der Waals surface area contributed by atoms with Crippen LogP contribution in [0, 0.1) is 5.92 Å². The van der Waals surface area contributed by atoms with Gasteiger partial charge in [0.05, 0.1) is 5.02 Å². The van der Waals surface area contributed by atoms with Gasteiger partial charge in [-0.2, -0.15) is 0 Å². The second-order valence-corrected chi connectivity index (χ2v) is 9.19. The zero-order valence-electron chi connectivity index (χ0n) is 18.7. The summed E-state index contributed by atoms with van der Waals surface area (Å²) in [7, 11) is 0. The maximum absolute atomic E-state index is 14.9. The fourth-order valence-corrected chi connectivity index (χ4v) is 4.55. The highest BCUT2D eigenvalue weighted by Crippen LogP contribution is 2.29. The number of hydrogen-bond donors (Lipinski definition) is 4. The SMILES string of the molecule is C=C1/C=C\C=C(/N)c2cc(ncc2Cl)N[C@H]2CC[C@@H](CC2)CNC(F)c2cccc(c2)CN1. The predicted molar refractivity (Wildman–Crippen MR) is 134 cm³/mol. The molecule has 2 aliphatic heterocycles. The minimum atomic E-state index is -1.18. The molecule has 3 heterocycles. The van der Waals surface area contributed by atoms with E-state index in [1.165, 1.54) is 0 Å². The van der Waals surface area contributed by atoms with Crippen molar-refractivity contribution in [3.05, 3.63) is 88.7 Å². The summed E-state index contributed by atoms with van der Waals surface area (Å²) in [5, 5.41) is 10.4. The van der Waals surface area contributed by atoms with Crippen LogP contribution in [-0.4, -0.2) is 17.6 Å². The molecule has 1 atom stereocenters. The summed E-state index contributed by atoms with van der Waals surface area (Å²) in [5.74, 6) is 1.22. The van der Waals surface area contributed by atoms with Gasteiger partial charge in [0.2, 0.25) is 0 Å². The van der Waals surface area contributed by atoms with E-state index in [0.29, 0.717) is 41.3 Å². The van der Waals surface area contributed by atoms with Crippen LogP contribution in [0.4, 0.5) is 10.2 Å². The van der Waals surface area contributed by atoms with Crippen molar-refractivity contribution < 1.29 is 4.39 Å². The third-order valence-electron chi connectivity index (χ3n) is 6.29. The van der Waals surface area contributed by atoms with E-state index < -0.39 is 6.30 Å². The minimum absolute atomic E-state index is 0.328. The molecule has 0 saturated heterocycles. The van der Waals surface area contributed by atoms with E-state index in [2.05, 4.69) is 27.5 Å². The van der Waals surface area contributed by atoms with E-state index in [9.17, 15) is 4.39 Å². The van der Waals surface area contributed by atoms with Crippen LogP contribution in [0.25, 0.3) is 5.70 Å². The van der Waals surface area contributed by atoms with Gasteiger partial charge in [0.15, 0.2) is 6.30 Å². The Morgan fingerprint density at radius 3 is 2.79 bits per heavy atom. The van der Waals surface area contributed by atoms with Crippen LogP contribution in [0.15, 0.2) is 67.0 Å². The molecular weight excluding hydrogens is 437 g/mol. The van der Waals surface area contributed by atoms with Crippen molar-refractivity contribution in [2.45, 2.75) is 44.6 Å². The van der Waals surface area contributed by atoms with E-state index in [1.54, 1.807) is 12.3 Å². The summed E-state index contributed by atoms with van der Waals surface area (Å²) in [6.07, 6.45) is 10.0. The Labute approximate surface area is 200 Å². The number of fused-ring (bicyclic) bond motifs is 8. The van der Waals surface area contributed by atoms with Gasteiger partial charge in [-0.15, -0.1) is 0 Å². The summed E-state index contributed by atoms with van der Waals surface area (Å²) < 4.78 is 14.9. The Balaban J connectivity index is 1.56. The van der Waals surface area contributed by atoms with Crippen molar-refractivity contribution in [3.63, 3.8) is 0 Å². The lowest BCUT2D eigenvalue weighted by atomic mass is 9.86. The molecule has 174 valence electrons. The van der Waals surface area contributed by atoms with Gasteiger partial charge in [-0.1, -0.05) is 42.5 Å². The van der Waals surface area contributed by atoms with Crippen molar-refractivity contribution >= 4 is 23.1 Å². The summed E-state index contributed by atoms with van der Waals surface area (Å²) in [5.41, 5.74) is 9.96. The molecule has 3 aliphatic rings. The highest BCUT2D eigenvalue weighted by Gasteiger charge is 2.23. The molecule has 1 aromatic heterocycles. The van der Waals surface area contributed by atoms with Crippen molar-refractivity contribution in [2.24, 2.45) is 11.7 Å². The number of allylic oxidation sites excluding steroid dienone is 3. The number of nitrogens with zero attached hydrogens (tertiary/aromatic N) is 1. The van der Waals surface area contributed by atoms with Crippen molar-refractivity contribution in [1.29, 1.82) is 0 Å². The van der Waals surface area contributed by atoms with Gasteiger partial charge in [-0.25, -0.2) is 9.37 Å². The largest absolute Gasteiger partial charge is 0.398 e. The predicted octanol–water partition coefficient (Wildman–Crippen LogP) is 5.44. The summed E-state index contributed by atoms with van der Waals surface area (Å²) in [4.78, 5) is 4.43. The number of halogens is 2. The van der Waals surface area contributed by atoms with Crippen LogP contribution < -0.4 is 21.7 Å². The smallest absolute Gasteiger partial charge is 0.176 e. The molecule has 0 spiro atoms. The fraction of sp³-hybridized carbons (Fsp3) is 0.346. The highest BCUT2D eigenvalue weighted by molar-refractivity contribution is 6.32. The van der Waals surface area contributed by atoms with Crippen LogP contribution in [0.2, 0.25) is 5.02 Å². The van der Waals surface area contributed by atoms with Crippen molar-refractivity contribution in [3.8, 4) is 0 Å². The van der Waals surface area contributed by atoms with Crippen molar-refractivity contribution in [1.82, 2.24) is 15.6 Å². The van der Waals surface area contributed by atoms with Gasteiger partial charge < -0.3 is 16.4 Å². The first-order chi connectivity index (χ1) is 16.0.